The van der Waals surface area contributed by atoms with E-state index in [2.05, 4.69) is 62.9 Å². The van der Waals surface area contributed by atoms with Crippen molar-refractivity contribution in [3.05, 3.63) is 46.8 Å². The van der Waals surface area contributed by atoms with Gasteiger partial charge < -0.3 is 15.4 Å². The number of aliphatic imine (C=N–C) groups is 1. The zero-order valence-electron chi connectivity index (χ0n) is 19.4. The summed E-state index contributed by atoms with van der Waals surface area (Å²) in [4.78, 5) is 16.0. The van der Waals surface area contributed by atoms with Gasteiger partial charge in [0.25, 0.3) is 0 Å². The number of rotatable bonds is 6. The van der Waals surface area contributed by atoms with Gasteiger partial charge in [0.2, 0.25) is 11.9 Å². The van der Waals surface area contributed by atoms with Crippen molar-refractivity contribution >= 4 is 34.9 Å². The summed E-state index contributed by atoms with van der Waals surface area (Å²) in [6.07, 6.45) is 0.942. The Labute approximate surface area is 195 Å². The second kappa shape index (κ2) is 11.8. The second-order valence-corrected chi connectivity index (χ2v) is 8.50. The lowest BCUT2D eigenvalue weighted by Crippen LogP contribution is -2.39. The summed E-state index contributed by atoms with van der Waals surface area (Å²) >= 11 is 5.54. The van der Waals surface area contributed by atoms with E-state index in [0.717, 1.165) is 56.3 Å². The lowest BCUT2D eigenvalue weighted by molar-refractivity contribution is 0.0377. The average molecular weight is 456 g/mol. The minimum absolute atomic E-state index is 0.457. The van der Waals surface area contributed by atoms with Crippen LogP contribution in [0.1, 0.15) is 28.9 Å². The Morgan fingerprint density at radius 2 is 1.66 bits per heavy atom. The molecule has 1 fully saturated rings. The summed E-state index contributed by atoms with van der Waals surface area (Å²) in [5.74, 6) is 1.02. The molecule has 0 unspecified atom stereocenters. The molecule has 0 spiro atoms. The zero-order chi connectivity index (χ0) is 22.9. The van der Waals surface area contributed by atoms with Gasteiger partial charge in [-0.3, -0.25) is 15.2 Å². The molecule has 1 aliphatic heterocycles. The Morgan fingerprint density at radius 3 is 2.31 bits per heavy atom. The summed E-state index contributed by atoms with van der Waals surface area (Å²) in [6.45, 7) is 13.2. The number of aryl methyl sites for hydroxylation is 4. The number of thiocarbonyl (C=S) groups is 1. The molecule has 0 saturated carbocycles. The predicted molar refractivity (Wildman–Crippen MR) is 135 cm³/mol. The standard InChI is InChI=1S/C23H33N7OS/c1-16-12-17(2)14-20(13-16)27-23(32)29-21(28-22-25-18(3)15-19(4)26-22)24-6-5-7-30-8-10-31-11-9-30/h12-15H,5-11H2,1-4H3,(H3,24,25,26,27,28,29,32). The Kier molecular flexibility index (Phi) is 8.90. The van der Waals surface area contributed by atoms with Gasteiger partial charge in [0.05, 0.1) is 13.2 Å². The molecule has 0 aliphatic carbocycles. The van der Waals surface area contributed by atoms with Crippen LogP contribution in [0.5, 0.6) is 0 Å². The second-order valence-electron chi connectivity index (χ2n) is 8.09. The van der Waals surface area contributed by atoms with Crippen LogP contribution in [0.25, 0.3) is 0 Å². The van der Waals surface area contributed by atoms with Crippen molar-refractivity contribution in [1.29, 1.82) is 0 Å². The van der Waals surface area contributed by atoms with Gasteiger partial charge in [-0.2, -0.15) is 0 Å². The number of benzene rings is 1. The molecule has 1 aromatic heterocycles. The van der Waals surface area contributed by atoms with Gasteiger partial charge in [0.15, 0.2) is 5.11 Å². The summed E-state index contributed by atoms with van der Waals surface area (Å²) in [5, 5.41) is 10.1. The Bertz CT molecular complexity index is 917. The van der Waals surface area contributed by atoms with Gasteiger partial charge in [0, 0.05) is 43.3 Å². The number of hydrogen-bond donors (Lipinski definition) is 3. The lowest BCUT2D eigenvalue weighted by atomic mass is 10.1. The van der Waals surface area contributed by atoms with Crippen LogP contribution in [0.15, 0.2) is 29.3 Å². The van der Waals surface area contributed by atoms with Crippen LogP contribution in [0, 0.1) is 27.7 Å². The maximum atomic E-state index is 5.54. The van der Waals surface area contributed by atoms with E-state index in [1.165, 1.54) is 11.1 Å². The summed E-state index contributed by atoms with van der Waals surface area (Å²) in [6, 6.07) is 8.17. The number of nitrogens with zero attached hydrogens (tertiary/aromatic N) is 4. The minimum atomic E-state index is 0.457. The summed E-state index contributed by atoms with van der Waals surface area (Å²) in [5.41, 5.74) is 5.07. The highest BCUT2D eigenvalue weighted by Crippen LogP contribution is 2.13. The first-order chi connectivity index (χ1) is 15.4. The van der Waals surface area contributed by atoms with E-state index in [1.807, 2.05) is 19.9 Å². The van der Waals surface area contributed by atoms with E-state index in [4.69, 9.17) is 21.9 Å². The van der Waals surface area contributed by atoms with Crippen LogP contribution in [-0.4, -0.2) is 65.3 Å². The van der Waals surface area contributed by atoms with Crippen LogP contribution >= 0.6 is 12.2 Å². The fourth-order valence-corrected chi connectivity index (χ4v) is 3.84. The Hall–Kier alpha value is -2.62. The maximum Gasteiger partial charge on any atom is 0.229 e. The van der Waals surface area contributed by atoms with Crippen LogP contribution < -0.4 is 16.0 Å². The third-order valence-corrected chi connectivity index (χ3v) is 5.13. The maximum absolute atomic E-state index is 5.54. The average Bonchev–Trinajstić information content (AvgIpc) is 2.70. The van der Waals surface area contributed by atoms with Crippen molar-refractivity contribution in [3.63, 3.8) is 0 Å². The first-order valence-corrected chi connectivity index (χ1v) is 11.4. The van der Waals surface area contributed by atoms with E-state index in [1.54, 1.807) is 0 Å². The van der Waals surface area contributed by atoms with Gasteiger partial charge in [-0.1, -0.05) is 6.07 Å². The van der Waals surface area contributed by atoms with E-state index in [-0.39, 0.29) is 0 Å². The highest BCUT2D eigenvalue weighted by Gasteiger charge is 2.10. The SMILES string of the molecule is Cc1cc(C)cc(NC(=S)NC(=NCCCN2CCOCC2)Nc2nc(C)cc(C)n2)c1. The molecule has 0 bridgehead atoms. The number of anilines is 2. The number of hydrogen-bond acceptors (Lipinski definition) is 6. The first kappa shape index (κ1) is 24.0. The highest BCUT2D eigenvalue weighted by molar-refractivity contribution is 7.80. The molecule has 1 aromatic carbocycles. The van der Waals surface area contributed by atoms with E-state index < -0.39 is 0 Å². The van der Waals surface area contributed by atoms with Gasteiger partial charge in [-0.15, -0.1) is 0 Å². The third-order valence-electron chi connectivity index (χ3n) is 4.93. The quantitative estimate of drug-likeness (QED) is 0.265. The summed E-state index contributed by atoms with van der Waals surface area (Å²) < 4.78 is 5.41. The Balaban J connectivity index is 1.64. The molecule has 1 aliphatic rings. The minimum Gasteiger partial charge on any atom is -0.379 e. The number of morpholine rings is 1. The Morgan fingerprint density at radius 1 is 1.00 bits per heavy atom. The molecular formula is C23H33N7OS. The molecule has 3 rings (SSSR count). The zero-order valence-corrected chi connectivity index (χ0v) is 20.2. The van der Waals surface area contributed by atoms with Gasteiger partial charge in [0.1, 0.15) is 0 Å². The molecule has 172 valence electrons. The monoisotopic (exact) mass is 455 g/mol. The predicted octanol–water partition coefficient (Wildman–Crippen LogP) is 3.19. The van der Waals surface area contributed by atoms with Crippen molar-refractivity contribution in [3.8, 4) is 0 Å². The molecule has 2 heterocycles. The number of aromatic nitrogens is 2. The smallest absolute Gasteiger partial charge is 0.229 e. The van der Waals surface area contributed by atoms with Gasteiger partial charge in [-0.05, 0) is 75.7 Å². The molecule has 1 saturated heterocycles. The van der Waals surface area contributed by atoms with Crippen LogP contribution in [0.4, 0.5) is 11.6 Å². The molecular weight excluding hydrogens is 422 g/mol. The van der Waals surface area contributed by atoms with Crippen molar-refractivity contribution in [2.45, 2.75) is 34.1 Å². The number of guanidine groups is 1. The van der Waals surface area contributed by atoms with Crippen molar-refractivity contribution in [2.24, 2.45) is 4.99 Å². The normalized spacial score (nSPS) is 14.8. The highest BCUT2D eigenvalue weighted by atomic mass is 32.1. The van der Waals surface area contributed by atoms with Gasteiger partial charge >= 0.3 is 0 Å². The van der Waals surface area contributed by atoms with E-state index in [9.17, 15) is 0 Å². The molecule has 0 amide bonds. The first-order valence-electron chi connectivity index (χ1n) is 11.0. The fraction of sp³-hybridized carbons (Fsp3) is 0.478. The van der Waals surface area contributed by atoms with Gasteiger partial charge in [-0.25, -0.2) is 9.97 Å². The molecule has 0 radical (unpaired) electrons. The summed E-state index contributed by atoms with van der Waals surface area (Å²) in [7, 11) is 0. The van der Waals surface area contributed by atoms with Crippen molar-refractivity contribution in [1.82, 2.24) is 20.2 Å². The van der Waals surface area contributed by atoms with E-state index >= 15 is 0 Å². The molecule has 32 heavy (non-hydrogen) atoms. The molecule has 9 heteroatoms. The largest absolute Gasteiger partial charge is 0.379 e. The molecule has 3 N–H and O–H groups in total. The lowest BCUT2D eigenvalue weighted by Gasteiger charge is -2.26. The number of nitrogens with one attached hydrogen (secondary N) is 3. The molecule has 8 nitrogen and oxygen atoms in total. The number of ether oxygens (including phenoxy) is 1. The molecule has 2 aromatic rings. The van der Waals surface area contributed by atoms with Crippen molar-refractivity contribution < 1.29 is 4.74 Å². The van der Waals surface area contributed by atoms with E-state index in [0.29, 0.717) is 23.6 Å². The fourth-order valence-electron chi connectivity index (χ4n) is 3.62. The molecule has 0 atom stereocenters. The van der Waals surface area contributed by atoms with Crippen LogP contribution in [0.2, 0.25) is 0 Å². The topological polar surface area (TPSA) is 86.7 Å². The third kappa shape index (κ3) is 8.14. The van der Waals surface area contributed by atoms with Crippen molar-refractivity contribution in [2.75, 3.05) is 50.0 Å². The van der Waals surface area contributed by atoms with Crippen LogP contribution in [-0.2, 0) is 4.74 Å². The van der Waals surface area contributed by atoms with Crippen LogP contribution in [0.3, 0.4) is 0 Å².